The van der Waals surface area contributed by atoms with Crippen LogP contribution in [-0.2, 0) is 22.9 Å². The van der Waals surface area contributed by atoms with E-state index in [1.807, 2.05) is 30.3 Å². The number of nitrogens with two attached hydrogens (primary N) is 1. The molecule has 0 fully saturated rings. The molecule has 114 valence electrons. The fraction of sp³-hybridized carbons (Fsp3) is 0.188. The maximum atomic E-state index is 11.7. The van der Waals surface area contributed by atoms with Crippen molar-refractivity contribution in [3.05, 3.63) is 63.6 Å². The van der Waals surface area contributed by atoms with Gasteiger partial charge in [-0.1, -0.05) is 34.1 Å². The Kier molecular flexibility index (Phi) is 5.35. The molecule has 0 aliphatic heterocycles. The molecule has 0 spiro atoms. The highest BCUT2D eigenvalue weighted by Gasteiger charge is 2.16. The third kappa shape index (κ3) is 4.17. The van der Waals surface area contributed by atoms with E-state index in [0.717, 1.165) is 22.9 Å². The molecule has 0 heterocycles. The minimum Gasteiger partial charge on any atom is -0.225 e. The maximum absolute atomic E-state index is 11.7. The fourth-order valence-corrected chi connectivity index (χ4v) is 3.40. The van der Waals surface area contributed by atoms with Crippen molar-refractivity contribution in [2.45, 2.75) is 24.2 Å². The zero-order chi connectivity index (χ0) is 16.2. The molecule has 0 saturated heterocycles. The lowest BCUT2D eigenvalue weighted by molar-refractivity contribution is 0.596. The van der Waals surface area contributed by atoms with Crippen LogP contribution in [0.3, 0.4) is 0 Å². The van der Waals surface area contributed by atoms with Gasteiger partial charge in [0.1, 0.15) is 0 Å². The van der Waals surface area contributed by atoms with Gasteiger partial charge < -0.3 is 0 Å². The van der Waals surface area contributed by atoms with Crippen molar-refractivity contribution >= 4 is 26.0 Å². The van der Waals surface area contributed by atoms with Gasteiger partial charge in [-0.2, -0.15) is 5.26 Å². The molecule has 6 heteroatoms. The Hall–Kier alpha value is -1.68. The predicted molar refractivity (Wildman–Crippen MR) is 88.7 cm³/mol. The number of aryl methyl sites for hydroxylation is 1. The normalized spacial score (nSPS) is 11.1. The Morgan fingerprint density at radius 3 is 2.36 bits per heavy atom. The van der Waals surface area contributed by atoms with Gasteiger partial charge in [-0.25, -0.2) is 13.6 Å². The second-order valence-corrected chi connectivity index (χ2v) is 7.36. The van der Waals surface area contributed by atoms with Crippen molar-refractivity contribution in [1.29, 1.82) is 5.26 Å². The molecule has 2 N–H and O–H groups in total. The predicted octanol–water partition coefficient (Wildman–Crippen LogP) is 3.14. The molecule has 22 heavy (non-hydrogen) atoms. The molecule has 0 radical (unpaired) electrons. The molecule has 2 aromatic carbocycles. The Balaban J connectivity index is 2.19. The molecule has 0 unspecified atom stereocenters. The summed E-state index contributed by atoms with van der Waals surface area (Å²) < 4.78 is 24.3. The lowest BCUT2D eigenvalue weighted by Gasteiger charge is -2.09. The van der Waals surface area contributed by atoms with Crippen LogP contribution in [0.5, 0.6) is 0 Å². The van der Waals surface area contributed by atoms with Crippen molar-refractivity contribution < 1.29 is 8.42 Å². The van der Waals surface area contributed by atoms with Crippen LogP contribution in [0.2, 0.25) is 0 Å². The summed E-state index contributed by atoms with van der Waals surface area (Å²) in [4.78, 5) is 0.0438. The topological polar surface area (TPSA) is 83.9 Å². The summed E-state index contributed by atoms with van der Waals surface area (Å²) in [6, 6.07) is 14.6. The molecule has 0 amide bonds. The highest BCUT2D eigenvalue weighted by Crippen LogP contribution is 2.21. The first-order chi connectivity index (χ1) is 10.4. The number of halogens is 1. The van der Waals surface area contributed by atoms with Gasteiger partial charge >= 0.3 is 0 Å². The molecule has 0 saturated carbocycles. The van der Waals surface area contributed by atoms with Crippen molar-refractivity contribution in [3.8, 4) is 6.07 Å². The van der Waals surface area contributed by atoms with E-state index in [4.69, 9.17) is 10.4 Å². The number of nitrogens with zero attached hydrogens (tertiary/aromatic N) is 1. The van der Waals surface area contributed by atoms with Crippen molar-refractivity contribution in [2.24, 2.45) is 5.14 Å². The third-order valence-electron chi connectivity index (χ3n) is 3.37. The zero-order valence-corrected chi connectivity index (χ0v) is 14.2. The Labute approximate surface area is 138 Å². The second kappa shape index (κ2) is 7.05. The minimum absolute atomic E-state index is 0.0438. The van der Waals surface area contributed by atoms with Crippen LogP contribution in [0.4, 0.5) is 0 Å². The van der Waals surface area contributed by atoms with Gasteiger partial charge in [-0.05, 0) is 54.7 Å². The summed E-state index contributed by atoms with van der Waals surface area (Å²) in [6.07, 6.45) is 2.03. The van der Waals surface area contributed by atoms with Gasteiger partial charge in [0.25, 0.3) is 0 Å². The van der Waals surface area contributed by atoms with Crippen LogP contribution in [0.1, 0.15) is 23.1 Å². The van der Waals surface area contributed by atoms with Crippen molar-refractivity contribution in [2.75, 3.05) is 0 Å². The largest absolute Gasteiger partial charge is 0.238 e. The van der Waals surface area contributed by atoms with Crippen LogP contribution in [0.25, 0.3) is 0 Å². The van der Waals surface area contributed by atoms with E-state index in [1.54, 1.807) is 6.07 Å². The van der Waals surface area contributed by atoms with Gasteiger partial charge in [0.2, 0.25) is 10.0 Å². The maximum Gasteiger partial charge on any atom is 0.238 e. The van der Waals surface area contributed by atoms with Gasteiger partial charge in [-0.15, -0.1) is 0 Å². The monoisotopic (exact) mass is 378 g/mol. The zero-order valence-electron chi connectivity index (χ0n) is 11.8. The number of nitriles is 1. The smallest absolute Gasteiger partial charge is 0.225 e. The summed E-state index contributed by atoms with van der Waals surface area (Å²) in [5, 5.41) is 14.4. The fourth-order valence-electron chi connectivity index (χ4n) is 2.32. The molecular weight excluding hydrogens is 364 g/mol. The van der Waals surface area contributed by atoms with Crippen LogP contribution in [0, 0.1) is 11.3 Å². The third-order valence-corrected chi connectivity index (χ3v) is 4.89. The van der Waals surface area contributed by atoms with Gasteiger partial charge in [-0.3, -0.25) is 0 Å². The molecular formula is C16H15BrN2O2S. The number of sulfonamides is 1. The Morgan fingerprint density at radius 1 is 1.09 bits per heavy atom. The van der Waals surface area contributed by atoms with Crippen LogP contribution in [0.15, 0.2) is 51.8 Å². The van der Waals surface area contributed by atoms with E-state index in [2.05, 4.69) is 15.9 Å². The van der Waals surface area contributed by atoms with E-state index in [9.17, 15) is 8.42 Å². The molecule has 0 aliphatic rings. The Morgan fingerprint density at radius 2 is 1.77 bits per heavy atom. The van der Waals surface area contributed by atoms with Gasteiger partial charge in [0.15, 0.2) is 0 Å². The van der Waals surface area contributed by atoms with E-state index in [0.29, 0.717) is 17.5 Å². The first-order valence-corrected chi connectivity index (χ1v) is 9.05. The summed E-state index contributed by atoms with van der Waals surface area (Å²) >= 11 is 3.38. The SMILES string of the molecule is N#Cc1cccc(S(N)(=O)=O)c1CCCc1ccc(Br)cc1. The number of hydrogen-bond donors (Lipinski definition) is 1. The van der Waals surface area contributed by atoms with E-state index in [-0.39, 0.29) is 4.90 Å². The van der Waals surface area contributed by atoms with Crippen LogP contribution in [-0.4, -0.2) is 8.42 Å². The second-order valence-electron chi connectivity index (χ2n) is 4.92. The lowest BCUT2D eigenvalue weighted by Crippen LogP contribution is -2.15. The van der Waals surface area contributed by atoms with Crippen LogP contribution >= 0.6 is 15.9 Å². The highest BCUT2D eigenvalue weighted by molar-refractivity contribution is 9.10. The first-order valence-electron chi connectivity index (χ1n) is 6.71. The van der Waals surface area contributed by atoms with Crippen molar-refractivity contribution in [1.82, 2.24) is 0 Å². The average Bonchev–Trinajstić information content (AvgIpc) is 2.48. The van der Waals surface area contributed by atoms with Crippen molar-refractivity contribution in [3.63, 3.8) is 0 Å². The van der Waals surface area contributed by atoms with E-state index >= 15 is 0 Å². The molecule has 0 atom stereocenters. The molecule has 0 bridgehead atoms. The van der Waals surface area contributed by atoms with E-state index in [1.165, 1.54) is 12.1 Å². The quantitative estimate of drug-likeness (QED) is 0.866. The number of primary sulfonamides is 1. The standard InChI is InChI=1S/C16H15BrN2O2S/c17-14-9-7-12(8-10-14)3-1-5-15-13(11-18)4-2-6-16(15)22(19,20)21/h2,4,6-10H,1,3,5H2,(H2,19,20,21). The first kappa shape index (κ1) is 16.7. The average molecular weight is 379 g/mol. The molecule has 2 aromatic rings. The summed E-state index contributed by atoms with van der Waals surface area (Å²) in [7, 11) is -3.82. The van der Waals surface area contributed by atoms with Crippen LogP contribution < -0.4 is 5.14 Å². The molecule has 0 aromatic heterocycles. The molecule has 4 nitrogen and oxygen atoms in total. The number of hydrogen-bond acceptors (Lipinski definition) is 3. The lowest BCUT2D eigenvalue weighted by atomic mass is 10.0. The number of rotatable bonds is 5. The van der Waals surface area contributed by atoms with Gasteiger partial charge in [0, 0.05) is 4.47 Å². The summed E-state index contributed by atoms with van der Waals surface area (Å²) in [5.41, 5.74) is 2.03. The molecule has 2 rings (SSSR count). The van der Waals surface area contributed by atoms with Gasteiger partial charge in [0.05, 0.1) is 16.5 Å². The summed E-state index contributed by atoms with van der Waals surface area (Å²) in [5.74, 6) is 0. The van der Waals surface area contributed by atoms with E-state index < -0.39 is 10.0 Å². The highest BCUT2D eigenvalue weighted by atomic mass is 79.9. The minimum atomic E-state index is -3.82. The molecule has 0 aliphatic carbocycles. The Bertz CT molecular complexity index is 809. The summed E-state index contributed by atoms with van der Waals surface area (Å²) in [6.45, 7) is 0. The number of benzene rings is 2.